The molecule has 5 nitrogen and oxygen atoms in total. The van der Waals surface area contributed by atoms with E-state index >= 15 is 0 Å². The van der Waals surface area contributed by atoms with Crippen molar-refractivity contribution in [1.29, 1.82) is 5.26 Å². The van der Waals surface area contributed by atoms with Crippen molar-refractivity contribution in [3.8, 4) is 6.07 Å². The molecule has 1 fully saturated rings. The fraction of sp³-hybridized carbons (Fsp3) is 0.562. The summed E-state index contributed by atoms with van der Waals surface area (Å²) in [5.41, 5.74) is 1.04. The van der Waals surface area contributed by atoms with Crippen molar-refractivity contribution in [3.05, 3.63) is 29.8 Å². The lowest BCUT2D eigenvalue weighted by molar-refractivity contribution is 0.179. The molecule has 0 saturated carbocycles. The fourth-order valence-corrected chi connectivity index (χ4v) is 3.87. The Morgan fingerprint density at radius 2 is 2.09 bits per heavy atom. The summed E-state index contributed by atoms with van der Waals surface area (Å²) in [7, 11) is -3.43. The van der Waals surface area contributed by atoms with Gasteiger partial charge in [-0.1, -0.05) is 17.7 Å². The zero-order valence-corrected chi connectivity index (χ0v) is 13.8. The van der Waals surface area contributed by atoms with Gasteiger partial charge in [0.1, 0.15) is 0 Å². The summed E-state index contributed by atoms with van der Waals surface area (Å²) in [5.74, 6) is 0.313. The molecule has 1 aliphatic heterocycles. The highest BCUT2D eigenvalue weighted by Crippen LogP contribution is 2.17. The molecule has 1 atom stereocenters. The van der Waals surface area contributed by atoms with Crippen LogP contribution in [0.1, 0.15) is 24.8 Å². The zero-order valence-electron chi connectivity index (χ0n) is 13.0. The minimum absolute atomic E-state index is 0.313. The number of hydrogen-bond donors (Lipinski definition) is 1. The molecule has 1 heterocycles. The third-order valence-corrected chi connectivity index (χ3v) is 5.48. The van der Waals surface area contributed by atoms with E-state index in [1.54, 1.807) is 24.3 Å². The molecule has 0 aliphatic carbocycles. The Kier molecular flexibility index (Phi) is 5.95. The van der Waals surface area contributed by atoms with Crippen molar-refractivity contribution in [2.24, 2.45) is 5.92 Å². The van der Waals surface area contributed by atoms with E-state index in [4.69, 9.17) is 5.26 Å². The van der Waals surface area contributed by atoms with Crippen LogP contribution in [0.3, 0.4) is 0 Å². The van der Waals surface area contributed by atoms with Gasteiger partial charge < -0.3 is 4.90 Å². The van der Waals surface area contributed by atoms with Gasteiger partial charge in [-0.25, -0.2) is 13.1 Å². The Labute approximate surface area is 133 Å². The molecule has 1 aliphatic rings. The van der Waals surface area contributed by atoms with Crippen LogP contribution < -0.4 is 4.72 Å². The normalized spacial score (nSPS) is 19.7. The molecule has 0 radical (unpaired) electrons. The topological polar surface area (TPSA) is 73.2 Å². The maximum atomic E-state index is 12.3. The van der Waals surface area contributed by atoms with Gasteiger partial charge in [-0.2, -0.15) is 5.26 Å². The third kappa shape index (κ3) is 4.80. The van der Waals surface area contributed by atoms with E-state index < -0.39 is 10.0 Å². The quantitative estimate of drug-likeness (QED) is 0.868. The fourth-order valence-electron chi connectivity index (χ4n) is 2.76. The average Bonchev–Trinajstić information content (AvgIpc) is 2.52. The van der Waals surface area contributed by atoms with Crippen LogP contribution >= 0.6 is 0 Å². The Bertz CT molecular complexity index is 620. The second kappa shape index (κ2) is 7.73. The molecule has 2 rings (SSSR count). The zero-order chi connectivity index (χ0) is 16.0. The Hall–Kier alpha value is -1.42. The van der Waals surface area contributed by atoms with Crippen LogP contribution in [0.25, 0.3) is 0 Å². The molecular formula is C16H23N3O2S. The summed E-state index contributed by atoms with van der Waals surface area (Å²) in [6.45, 7) is 5.03. The summed E-state index contributed by atoms with van der Waals surface area (Å²) < 4.78 is 27.3. The lowest BCUT2D eigenvalue weighted by Gasteiger charge is -2.32. The minimum atomic E-state index is -3.43. The number of nitriles is 1. The van der Waals surface area contributed by atoms with Crippen molar-refractivity contribution in [1.82, 2.24) is 9.62 Å². The standard InChI is InChI=1S/C16H23N3O2S/c1-14-5-7-16(8-6-14)22(20,21)18-12-15-4-2-10-19(13-15)11-3-9-17/h5-8,15,18H,2-4,10-13H2,1H3. The molecule has 1 aromatic carbocycles. The minimum Gasteiger partial charge on any atom is -0.302 e. The smallest absolute Gasteiger partial charge is 0.240 e. The highest BCUT2D eigenvalue weighted by molar-refractivity contribution is 7.89. The van der Waals surface area contributed by atoms with Gasteiger partial charge >= 0.3 is 0 Å². The van der Waals surface area contributed by atoms with Gasteiger partial charge in [0.25, 0.3) is 0 Å². The Morgan fingerprint density at radius 1 is 1.36 bits per heavy atom. The summed E-state index contributed by atoms with van der Waals surface area (Å²) in [4.78, 5) is 2.56. The molecule has 0 bridgehead atoms. The van der Waals surface area contributed by atoms with E-state index in [2.05, 4.69) is 15.7 Å². The summed E-state index contributed by atoms with van der Waals surface area (Å²) in [6, 6.07) is 9.04. The van der Waals surface area contributed by atoms with Crippen LogP contribution in [-0.4, -0.2) is 39.5 Å². The molecule has 6 heteroatoms. The lowest BCUT2D eigenvalue weighted by Crippen LogP contribution is -2.41. The van der Waals surface area contributed by atoms with E-state index in [1.807, 2.05) is 6.92 Å². The number of rotatable bonds is 6. The van der Waals surface area contributed by atoms with E-state index in [9.17, 15) is 8.42 Å². The monoisotopic (exact) mass is 321 g/mol. The number of nitrogens with zero attached hydrogens (tertiary/aromatic N) is 2. The van der Waals surface area contributed by atoms with Gasteiger partial charge in [-0.3, -0.25) is 0 Å². The summed E-state index contributed by atoms with van der Waals surface area (Å²) in [6.07, 6.45) is 2.61. The maximum Gasteiger partial charge on any atom is 0.240 e. The molecule has 0 amide bonds. The van der Waals surface area contributed by atoms with Crippen molar-refractivity contribution in [2.45, 2.75) is 31.1 Å². The van der Waals surface area contributed by atoms with Gasteiger partial charge in [0, 0.05) is 26.1 Å². The second-order valence-corrected chi connectivity index (χ2v) is 7.65. The summed E-state index contributed by atoms with van der Waals surface area (Å²) in [5, 5.41) is 8.65. The van der Waals surface area contributed by atoms with Crippen molar-refractivity contribution in [3.63, 3.8) is 0 Å². The number of hydrogen-bond acceptors (Lipinski definition) is 4. The Balaban J connectivity index is 1.89. The van der Waals surface area contributed by atoms with Gasteiger partial charge in [-0.15, -0.1) is 0 Å². The van der Waals surface area contributed by atoms with Crippen LogP contribution in [-0.2, 0) is 10.0 Å². The second-order valence-electron chi connectivity index (χ2n) is 5.88. The van der Waals surface area contributed by atoms with Crippen LogP contribution in [0.15, 0.2) is 29.2 Å². The molecule has 1 N–H and O–H groups in total. The molecule has 0 aromatic heterocycles. The third-order valence-electron chi connectivity index (χ3n) is 4.04. The predicted octanol–water partition coefficient (Wildman–Crippen LogP) is 1.90. The predicted molar refractivity (Wildman–Crippen MR) is 85.8 cm³/mol. The SMILES string of the molecule is Cc1ccc(S(=O)(=O)NCC2CCCN(CCC#N)C2)cc1. The first-order valence-electron chi connectivity index (χ1n) is 7.67. The van der Waals surface area contributed by atoms with Crippen LogP contribution in [0, 0.1) is 24.2 Å². The first-order chi connectivity index (χ1) is 10.5. The molecule has 22 heavy (non-hydrogen) atoms. The Morgan fingerprint density at radius 3 is 2.77 bits per heavy atom. The highest BCUT2D eigenvalue weighted by atomic mass is 32.2. The molecule has 1 unspecified atom stereocenters. The van der Waals surface area contributed by atoms with Crippen molar-refractivity contribution >= 4 is 10.0 Å². The molecule has 120 valence electrons. The van der Waals surface area contributed by atoms with Gasteiger partial charge in [-0.05, 0) is 44.4 Å². The van der Waals surface area contributed by atoms with Gasteiger partial charge in [0.15, 0.2) is 0 Å². The number of sulfonamides is 1. The first kappa shape index (κ1) is 16.9. The number of nitrogens with one attached hydrogen (secondary N) is 1. The summed E-state index contributed by atoms with van der Waals surface area (Å²) >= 11 is 0. The number of likely N-dealkylation sites (tertiary alicyclic amines) is 1. The molecular weight excluding hydrogens is 298 g/mol. The van der Waals surface area contributed by atoms with E-state index in [-0.39, 0.29) is 0 Å². The average molecular weight is 321 g/mol. The van der Waals surface area contributed by atoms with E-state index in [1.165, 1.54) is 0 Å². The van der Waals surface area contributed by atoms with Gasteiger partial charge in [0.05, 0.1) is 11.0 Å². The number of aryl methyl sites for hydroxylation is 1. The van der Waals surface area contributed by atoms with Crippen LogP contribution in [0.4, 0.5) is 0 Å². The van der Waals surface area contributed by atoms with Gasteiger partial charge in [0.2, 0.25) is 10.0 Å². The number of piperidine rings is 1. The highest BCUT2D eigenvalue weighted by Gasteiger charge is 2.22. The van der Waals surface area contributed by atoms with E-state index in [0.29, 0.717) is 23.8 Å². The molecule has 0 spiro atoms. The van der Waals surface area contributed by atoms with Crippen LogP contribution in [0.5, 0.6) is 0 Å². The molecule has 1 aromatic rings. The first-order valence-corrected chi connectivity index (χ1v) is 9.15. The lowest BCUT2D eigenvalue weighted by atomic mass is 9.98. The maximum absolute atomic E-state index is 12.3. The molecule has 1 saturated heterocycles. The van der Waals surface area contributed by atoms with Crippen molar-refractivity contribution < 1.29 is 8.42 Å². The van der Waals surface area contributed by atoms with Crippen molar-refractivity contribution in [2.75, 3.05) is 26.2 Å². The number of benzene rings is 1. The van der Waals surface area contributed by atoms with E-state index in [0.717, 1.165) is 38.0 Å². The van der Waals surface area contributed by atoms with Crippen LogP contribution in [0.2, 0.25) is 0 Å². The largest absolute Gasteiger partial charge is 0.302 e.